The molecule has 7 nitrogen and oxygen atoms in total. The van der Waals surface area contributed by atoms with E-state index < -0.39 is 18.1 Å². The van der Waals surface area contributed by atoms with Gasteiger partial charge in [-0.25, -0.2) is 14.4 Å². The summed E-state index contributed by atoms with van der Waals surface area (Å²) in [6.07, 6.45) is 2.92. The molecular weight excluding hydrogens is 506 g/mol. The van der Waals surface area contributed by atoms with Gasteiger partial charge in [-0.05, 0) is 66.6 Å². The van der Waals surface area contributed by atoms with Crippen LogP contribution in [-0.4, -0.2) is 18.1 Å². The van der Waals surface area contributed by atoms with Crippen molar-refractivity contribution in [3.63, 3.8) is 0 Å². The fourth-order valence-electron chi connectivity index (χ4n) is 4.63. The Morgan fingerprint density at radius 1 is 0.921 bits per heavy atom. The number of fused-ring (bicyclic) bond motifs is 3. The molecule has 0 saturated carbocycles. The lowest BCUT2D eigenvalue weighted by Crippen LogP contribution is -2.44. The highest BCUT2D eigenvalue weighted by molar-refractivity contribution is 6.30. The molecule has 0 saturated heterocycles. The van der Waals surface area contributed by atoms with Crippen LogP contribution in [0.5, 0.6) is 5.75 Å². The van der Waals surface area contributed by atoms with E-state index >= 15 is 0 Å². The zero-order valence-corrected chi connectivity index (χ0v) is 21.3. The van der Waals surface area contributed by atoms with Crippen molar-refractivity contribution in [3.05, 3.63) is 110 Å². The van der Waals surface area contributed by atoms with E-state index in [1.54, 1.807) is 36.4 Å². The Bertz CT molecular complexity index is 1510. The molecule has 1 heterocycles. The first-order valence-electron chi connectivity index (χ1n) is 12.5. The van der Waals surface area contributed by atoms with Gasteiger partial charge in [-0.15, -0.1) is 0 Å². The lowest BCUT2D eigenvalue weighted by Gasteiger charge is -2.19. The molecule has 1 aromatic heterocycles. The molecule has 1 atom stereocenters. The van der Waals surface area contributed by atoms with Crippen LogP contribution in [0.4, 0.5) is 4.79 Å². The molecule has 4 aromatic rings. The number of carbonyl (C=O) groups is 2. The molecule has 0 radical (unpaired) electrons. The Hall–Kier alpha value is -4.10. The molecule has 0 aliphatic heterocycles. The first-order chi connectivity index (χ1) is 18.5. The molecule has 5 rings (SSSR count). The van der Waals surface area contributed by atoms with Crippen LogP contribution in [0.1, 0.15) is 35.1 Å². The van der Waals surface area contributed by atoms with Gasteiger partial charge < -0.3 is 19.2 Å². The van der Waals surface area contributed by atoms with Crippen molar-refractivity contribution in [2.45, 2.75) is 44.8 Å². The minimum absolute atomic E-state index is 0.0589. The smallest absolute Gasteiger partial charge is 0.408 e. The van der Waals surface area contributed by atoms with Gasteiger partial charge in [-0.1, -0.05) is 54.1 Å². The average Bonchev–Trinajstić information content (AvgIpc) is 2.93. The standard InChI is InChI=1S/C30H26ClNO6/c31-21-12-10-19(11-13-21)16-26(32-30(35)36-18-20-6-2-1-3-7-20)29(34)37-22-14-15-24-23-8-4-5-9-25(23)28(33)38-27(24)17-22/h1-3,6-7,10-15,17,26H,4-5,8-9,16,18H2,(H,32,35)/t26-/m1/s1. The van der Waals surface area contributed by atoms with Gasteiger partial charge in [-0.2, -0.15) is 0 Å². The zero-order chi connectivity index (χ0) is 26.5. The van der Waals surface area contributed by atoms with Crippen molar-refractivity contribution in [3.8, 4) is 5.75 Å². The quantitative estimate of drug-likeness (QED) is 0.185. The van der Waals surface area contributed by atoms with Crippen LogP contribution in [0, 0.1) is 0 Å². The van der Waals surface area contributed by atoms with Gasteiger partial charge >= 0.3 is 17.7 Å². The second-order valence-corrected chi connectivity index (χ2v) is 9.66. The van der Waals surface area contributed by atoms with Gasteiger partial charge in [0.1, 0.15) is 24.0 Å². The molecule has 0 unspecified atom stereocenters. The number of ether oxygens (including phenoxy) is 2. The number of hydrogen-bond acceptors (Lipinski definition) is 6. The predicted molar refractivity (Wildman–Crippen MR) is 143 cm³/mol. The summed E-state index contributed by atoms with van der Waals surface area (Å²) in [4.78, 5) is 38.3. The van der Waals surface area contributed by atoms with E-state index in [2.05, 4.69) is 5.32 Å². The summed E-state index contributed by atoms with van der Waals surface area (Å²) in [5.41, 5.74) is 3.35. The second kappa shape index (κ2) is 11.5. The van der Waals surface area contributed by atoms with Gasteiger partial charge in [0.2, 0.25) is 0 Å². The maximum atomic E-state index is 13.2. The minimum Gasteiger partial charge on any atom is -0.445 e. The topological polar surface area (TPSA) is 94.8 Å². The number of aryl methyl sites for hydroxylation is 1. The number of amides is 1. The lowest BCUT2D eigenvalue weighted by molar-refractivity contribution is -0.136. The van der Waals surface area contributed by atoms with E-state index in [4.69, 9.17) is 25.5 Å². The number of esters is 1. The molecule has 0 fully saturated rings. The fraction of sp³-hybridized carbons (Fsp3) is 0.233. The number of nitrogens with one attached hydrogen (secondary N) is 1. The monoisotopic (exact) mass is 531 g/mol. The van der Waals surface area contributed by atoms with Crippen LogP contribution in [0.15, 0.2) is 82.0 Å². The van der Waals surface area contributed by atoms with E-state index in [0.717, 1.165) is 46.9 Å². The highest BCUT2D eigenvalue weighted by Gasteiger charge is 2.25. The highest BCUT2D eigenvalue weighted by atomic mass is 35.5. The largest absolute Gasteiger partial charge is 0.445 e. The average molecular weight is 532 g/mol. The molecule has 8 heteroatoms. The first kappa shape index (κ1) is 25.5. The van der Waals surface area contributed by atoms with E-state index in [0.29, 0.717) is 17.0 Å². The van der Waals surface area contributed by atoms with Gasteiger partial charge in [0.05, 0.1) is 0 Å². The number of halogens is 1. The maximum Gasteiger partial charge on any atom is 0.408 e. The summed E-state index contributed by atoms with van der Waals surface area (Å²) in [6, 6.07) is 20.2. The zero-order valence-electron chi connectivity index (χ0n) is 20.6. The molecule has 194 valence electrons. The number of rotatable bonds is 7. The Morgan fingerprint density at radius 3 is 2.42 bits per heavy atom. The summed E-state index contributed by atoms with van der Waals surface area (Å²) < 4.78 is 16.5. The lowest BCUT2D eigenvalue weighted by atomic mass is 9.91. The third kappa shape index (κ3) is 6.06. The van der Waals surface area contributed by atoms with Crippen LogP contribution < -0.4 is 15.7 Å². The van der Waals surface area contributed by atoms with E-state index in [1.165, 1.54) is 6.07 Å². The molecule has 0 bridgehead atoms. The number of carbonyl (C=O) groups excluding carboxylic acids is 2. The minimum atomic E-state index is -1.04. The summed E-state index contributed by atoms with van der Waals surface area (Å²) in [7, 11) is 0. The highest BCUT2D eigenvalue weighted by Crippen LogP contribution is 2.29. The number of hydrogen-bond donors (Lipinski definition) is 1. The van der Waals surface area contributed by atoms with E-state index in [1.807, 2.05) is 30.3 Å². The molecule has 1 aliphatic carbocycles. The van der Waals surface area contributed by atoms with Gasteiger partial charge in [0.15, 0.2) is 0 Å². The van der Waals surface area contributed by atoms with Crippen LogP contribution >= 0.6 is 11.6 Å². The first-order valence-corrected chi connectivity index (χ1v) is 12.9. The Balaban J connectivity index is 1.34. The van der Waals surface area contributed by atoms with Gasteiger partial charge in [0.25, 0.3) is 0 Å². The van der Waals surface area contributed by atoms with Crippen molar-refractivity contribution in [1.29, 1.82) is 0 Å². The van der Waals surface area contributed by atoms with Crippen LogP contribution in [0.3, 0.4) is 0 Å². The molecule has 0 spiro atoms. The molecule has 1 aliphatic rings. The molecule has 1 amide bonds. The third-order valence-corrected chi connectivity index (χ3v) is 6.81. The molecule has 3 aromatic carbocycles. The third-order valence-electron chi connectivity index (χ3n) is 6.56. The summed E-state index contributed by atoms with van der Waals surface area (Å²) in [6.45, 7) is 0.0589. The Kier molecular flexibility index (Phi) is 7.75. The number of alkyl carbamates (subject to hydrolysis) is 1. The molecular formula is C30H26ClNO6. The van der Waals surface area contributed by atoms with Crippen LogP contribution in [0.25, 0.3) is 11.0 Å². The summed E-state index contributed by atoms with van der Waals surface area (Å²) in [5.74, 6) is -0.474. The number of benzene rings is 3. The van der Waals surface area contributed by atoms with Crippen molar-refractivity contribution in [2.24, 2.45) is 0 Å². The van der Waals surface area contributed by atoms with Crippen molar-refractivity contribution in [2.75, 3.05) is 0 Å². The van der Waals surface area contributed by atoms with Gasteiger partial charge in [-0.3, -0.25) is 0 Å². The van der Waals surface area contributed by atoms with Crippen LogP contribution in [0.2, 0.25) is 5.02 Å². The maximum absolute atomic E-state index is 13.2. The predicted octanol–water partition coefficient (Wildman–Crippen LogP) is 5.77. The van der Waals surface area contributed by atoms with Crippen LogP contribution in [-0.2, 0) is 35.4 Å². The van der Waals surface area contributed by atoms with Crippen molar-refractivity contribution in [1.82, 2.24) is 5.32 Å². The van der Waals surface area contributed by atoms with E-state index in [9.17, 15) is 14.4 Å². The fourth-order valence-corrected chi connectivity index (χ4v) is 4.76. The summed E-state index contributed by atoms with van der Waals surface area (Å²) >= 11 is 5.99. The molecule has 1 N–H and O–H groups in total. The SMILES string of the molecule is O=C(N[C@H](Cc1ccc(Cl)cc1)C(=O)Oc1ccc2c3c(c(=O)oc2c1)CCCC3)OCc1ccccc1. The Morgan fingerprint density at radius 2 is 1.66 bits per heavy atom. The van der Waals surface area contributed by atoms with E-state index in [-0.39, 0.29) is 24.4 Å². The van der Waals surface area contributed by atoms with Crippen molar-refractivity contribution >= 4 is 34.6 Å². The summed E-state index contributed by atoms with van der Waals surface area (Å²) in [5, 5.41) is 4.02. The van der Waals surface area contributed by atoms with Gasteiger partial charge in [0, 0.05) is 28.5 Å². The Labute approximate surface area is 224 Å². The van der Waals surface area contributed by atoms with Crippen molar-refractivity contribution < 1.29 is 23.5 Å². The normalized spacial score (nSPS) is 13.4. The second-order valence-electron chi connectivity index (χ2n) is 9.22. The molecule has 38 heavy (non-hydrogen) atoms.